The van der Waals surface area contributed by atoms with E-state index in [4.69, 9.17) is 5.73 Å². The molecule has 0 aliphatic heterocycles. The second-order valence-corrected chi connectivity index (χ2v) is 6.51. The summed E-state index contributed by atoms with van der Waals surface area (Å²) in [6, 6.07) is 7.45. The molecule has 140 valence electrons. The number of aliphatic imine (C=N–C) groups is 1. The highest BCUT2D eigenvalue weighted by Gasteiger charge is 2.14. The molecule has 2 aromatic rings. The van der Waals surface area contributed by atoms with Gasteiger partial charge < -0.3 is 16.4 Å². The summed E-state index contributed by atoms with van der Waals surface area (Å²) in [5, 5.41) is 11.1. The van der Waals surface area contributed by atoms with Gasteiger partial charge in [0.05, 0.1) is 5.69 Å². The van der Waals surface area contributed by atoms with Gasteiger partial charge in [-0.15, -0.1) is 0 Å². The maximum absolute atomic E-state index is 11.3. The first-order valence-electron chi connectivity index (χ1n) is 8.66. The summed E-state index contributed by atoms with van der Waals surface area (Å²) in [5.74, 6) is 0.284. The van der Waals surface area contributed by atoms with E-state index in [1.54, 1.807) is 19.2 Å². The van der Waals surface area contributed by atoms with Crippen molar-refractivity contribution in [3.63, 3.8) is 0 Å². The molecule has 7 nitrogen and oxygen atoms in total. The Labute approximate surface area is 154 Å². The Morgan fingerprint density at radius 1 is 1.38 bits per heavy atom. The molecule has 26 heavy (non-hydrogen) atoms. The fourth-order valence-electron chi connectivity index (χ4n) is 2.92. The van der Waals surface area contributed by atoms with E-state index in [1.807, 2.05) is 30.8 Å². The summed E-state index contributed by atoms with van der Waals surface area (Å²) in [5.41, 5.74) is 10.3. The number of hydrogen-bond donors (Lipinski definition) is 3. The molecular formula is C19H28N6O. The zero-order chi connectivity index (χ0) is 19.3. The molecular weight excluding hydrogens is 328 g/mol. The van der Waals surface area contributed by atoms with Gasteiger partial charge in [0.2, 0.25) is 5.91 Å². The third kappa shape index (κ3) is 4.84. The lowest BCUT2D eigenvalue weighted by Gasteiger charge is -2.18. The van der Waals surface area contributed by atoms with Crippen LogP contribution in [0, 0.1) is 13.8 Å². The summed E-state index contributed by atoms with van der Waals surface area (Å²) in [7, 11) is 3.70. The number of carbonyl (C=O) groups is 1. The zero-order valence-corrected chi connectivity index (χ0v) is 16.1. The molecule has 0 spiro atoms. The van der Waals surface area contributed by atoms with Gasteiger partial charge in [-0.1, -0.05) is 12.1 Å². The van der Waals surface area contributed by atoms with Crippen LogP contribution in [-0.2, 0) is 20.0 Å². The first-order valence-corrected chi connectivity index (χ1v) is 8.66. The lowest BCUT2D eigenvalue weighted by Crippen LogP contribution is -2.42. The van der Waals surface area contributed by atoms with E-state index >= 15 is 0 Å². The van der Waals surface area contributed by atoms with Gasteiger partial charge >= 0.3 is 0 Å². The molecule has 4 N–H and O–H groups in total. The number of hydrogen-bond acceptors (Lipinski definition) is 3. The average molecular weight is 356 g/mol. The third-order valence-corrected chi connectivity index (χ3v) is 4.45. The van der Waals surface area contributed by atoms with Crippen LogP contribution in [0.15, 0.2) is 29.3 Å². The number of nitrogens with one attached hydrogen (secondary N) is 2. The minimum Gasteiger partial charge on any atom is -0.366 e. The van der Waals surface area contributed by atoms with Crippen LogP contribution in [-0.4, -0.2) is 34.7 Å². The van der Waals surface area contributed by atoms with Crippen molar-refractivity contribution in [1.29, 1.82) is 0 Å². The topological polar surface area (TPSA) is 97.3 Å². The Kier molecular flexibility index (Phi) is 6.38. The molecule has 0 aliphatic carbocycles. The number of rotatable bonds is 6. The second kappa shape index (κ2) is 8.51. The second-order valence-electron chi connectivity index (χ2n) is 6.51. The Morgan fingerprint density at radius 2 is 2.12 bits per heavy atom. The Bertz CT molecular complexity index is 808. The lowest BCUT2D eigenvalue weighted by molar-refractivity contribution is 0.1000. The van der Waals surface area contributed by atoms with Gasteiger partial charge in [-0.05, 0) is 50.5 Å². The highest BCUT2D eigenvalue weighted by Crippen LogP contribution is 2.14. The first-order chi connectivity index (χ1) is 12.3. The summed E-state index contributed by atoms with van der Waals surface area (Å²) < 4.78 is 1.91. The third-order valence-electron chi connectivity index (χ3n) is 4.45. The van der Waals surface area contributed by atoms with Crippen molar-refractivity contribution in [3.8, 4) is 0 Å². The smallest absolute Gasteiger partial charge is 0.248 e. The van der Waals surface area contributed by atoms with Crippen LogP contribution in [0.3, 0.4) is 0 Å². The summed E-state index contributed by atoms with van der Waals surface area (Å²) >= 11 is 0. The maximum Gasteiger partial charge on any atom is 0.248 e. The van der Waals surface area contributed by atoms with Crippen LogP contribution < -0.4 is 16.4 Å². The number of benzene rings is 1. The molecule has 0 fully saturated rings. The van der Waals surface area contributed by atoms with E-state index in [2.05, 4.69) is 34.6 Å². The number of carbonyl (C=O) groups excluding carboxylic acids is 1. The van der Waals surface area contributed by atoms with Crippen molar-refractivity contribution in [2.24, 2.45) is 17.8 Å². The molecule has 0 saturated heterocycles. The quantitative estimate of drug-likeness (QED) is 0.539. The van der Waals surface area contributed by atoms with Crippen LogP contribution in [0.4, 0.5) is 0 Å². The van der Waals surface area contributed by atoms with Crippen molar-refractivity contribution in [2.45, 2.75) is 39.8 Å². The highest BCUT2D eigenvalue weighted by molar-refractivity contribution is 5.92. The molecule has 0 aliphatic rings. The SMILES string of the molecule is CN=C(NCc1cccc(C(N)=O)c1)NC(C)Cc1c(C)nn(C)c1C. The largest absolute Gasteiger partial charge is 0.366 e. The molecule has 1 unspecified atom stereocenters. The van der Waals surface area contributed by atoms with Crippen molar-refractivity contribution < 1.29 is 4.79 Å². The fraction of sp³-hybridized carbons (Fsp3) is 0.421. The molecule has 1 amide bonds. The predicted octanol–water partition coefficient (Wildman–Crippen LogP) is 1.43. The van der Waals surface area contributed by atoms with Gasteiger partial charge in [0.25, 0.3) is 0 Å². The minimum atomic E-state index is -0.426. The molecule has 0 bridgehead atoms. The van der Waals surface area contributed by atoms with Crippen molar-refractivity contribution in [2.75, 3.05) is 7.05 Å². The van der Waals surface area contributed by atoms with Gasteiger partial charge in [0.1, 0.15) is 0 Å². The number of nitrogens with zero attached hydrogens (tertiary/aromatic N) is 3. The van der Waals surface area contributed by atoms with Crippen molar-refractivity contribution in [3.05, 3.63) is 52.3 Å². The monoisotopic (exact) mass is 356 g/mol. The number of primary amides is 1. The van der Waals surface area contributed by atoms with E-state index < -0.39 is 5.91 Å². The van der Waals surface area contributed by atoms with E-state index in [9.17, 15) is 4.79 Å². The lowest BCUT2D eigenvalue weighted by atomic mass is 10.1. The van der Waals surface area contributed by atoms with Crippen molar-refractivity contribution >= 4 is 11.9 Å². The standard InChI is InChI=1S/C19H28N6O/c1-12(9-17-13(2)24-25(5)14(17)3)23-19(21-4)22-11-15-7-6-8-16(10-15)18(20)26/h6-8,10,12H,9,11H2,1-5H3,(H2,20,26)(H2,21,22,23). The fourth-order valence-corrected chi connectivity index (χ4v) is 2.92. The van der Waals surface area contributed by atoms with Gasteiger partial charge in [-0.3, -0.25) is 14.5 Å². The zero-order valence-electron chi connectivity index (χ0n) is 16.1. The van der Waals surface area contributed by atoms with Crippen LogP contribution >= 0.6 is 0 Å². The molecule has 1 aromatic carbocycles. The molecule has 0 radical (unpaired) electrons. The Hall–Kier alpha value is -2.83. The summed E-state index contributed by atoms with van der Waals surface area (Å²) in [6.07, 6.45) is 0.864. The van der Waals surface area contributed by atoms with Gasteiger partial charge in [0, 0.05) is 37.9 Å². The molecule has 1 aromatic heterocycles. The molecule has 1 atom stereocenters. The molecule has 2 rings (SSSR count). The maximum atomic E-state index is 11.3. The Balaban J connectivity index is 1.95. The number of aromatic nitrogens is 2. The van der Waals surface area contributed by atoms with Crippen LogP contribution in [0.1, 0.15) is 39.8 Å². The summed E-state index contributed by atoms with van der Waals surface area (Å²) in [4.78, 5) is 15.6. The predicted molar refractivity (Wildman–Crippen MR) is 104 cm³/mol. The van der Waals surface area contributed by atoms with E-state index in [-0.39, 0.29) is 6.04 Å². The molecule has 0 saturated carbocycles. The Morgan fingerprint density at radius 3 is 2.69 bits per heavy atom. The highest BCUT2D eigenvalue weighted by atomic mass is 16.1. The van der Waals surface area contributed by atoms with Crippen LogP contribution in [0.5, 0.6) is 0 Å². The van der Waals surface area contributed by atoms with Gasteiger partial charge in [-0.25, -0.2) is 0 Å². The minimum absolute atomic E-state index is 0.194. The van der Waals surface area contributed by atoms with Gasteiger partial charge in [-0.2, -0.15) is 5.10 Å². The first kappa shape index (κ1) is 19.5. The van der Waals surface area contributed by atoms with E-state index in [0.29, 0.717) is 18.1 Å². The average Bonchev–Trinajstić information content (AvgIpc) is 2.85. The van der Waals surface area contributed by atoms with Gasteiger partial charge in [0.15, 0.2) is 5.96 Å². The molecule has 1 heterocycles. The van der Waals surface area contributed by atoms with Crippen molar-refractivity contribution in [1.82, 2.24) is 20.4 Å². The molecule has 7 heteroatoms. The summed E-state index contributed by atoms with van der Waals surface area (Å²) in [6.45, 7) is 6.79. The number of nitrogens with two attached hydrogens (primary N) is 1. The number of amides is 1. The number of aryl methyl sites for hydroxylation is 2. The van der Waals surface area contributed by atoms with Crippen LogP contribution in [0.25, 0.3) is 0 Å². The van der Waals surface area contributed by atoms with E-state index in [0.717, 1.165) is 17.7 Å². The van der Waals surface area contributed by atoms with E-state index in [1.165, 1.54) is 11.3 Å². The normalized spacial score (nSPS) is 12.7. The number of guanidine groups is 1. The van der Waals surface area contributed by atoms with Crippen LogP contribution in [0.2, 0.25) is 0 Å².